The third kappa shape index (κ3) is 2.74. The first-order chi connectivity index (χ1) is 8.34. The fourth-order valence-corrected chi connectivity index (χ4v) is 4.93. The maximum atomic E-state index is 12.4. The Balaban J connectivity index is 0.00000120. The van der Waals surface area contributed by atoms with Gasteiger partial charge in [-0.2, -0.15) is 0 Å². The summed E-state index contributed by atoms with van der Waals surface area (Å²) < 4.78 is 14.3. The molecule has 0 aliphatic carbocycles. The monoisotopic (exact) mass is 302 g/mol. The number of nitrogens with zero attached hydrogens (tertiary/aromatic N) is 1. The summed E-state index contributed by atoms with van der Waals surface area (Å²) in [6.07, 6.45) is 1.98. The van der Waals surface area contributed by atoms with Crippen LogP contribution in [-0.2, 0) is 10.8 Å². The van der Waals surface area contributed by atoms with Crippen LogP contribution in [0.2, 0.25) is 0 Å². The average molecular weight is 303 g/mol. The molecule has 1 unspecified atom stereocenters. The molecule has 1 aromatic carbocycles. The zero-order chi connectivity index (χ0) is 11.7. The first kappa shape index (κ1) is 13.9. The number of halogens is 1. The number of piperidine rings is 1. The molecule has 0 radical (unpaired) electrons. The number of para-hydroxylation sites is 1. The molecule has 98 valence electrons. The highest BCUT2D eigenvalue weighted by atomic mass is 35.5. The number of nitrogens with one attached hydrogen (secondary N) is 1. The lowest BCUT2D eigenvalue weighted by Gasteiger charge is -2.20. The number of hydrogen-bond acceptors (Lipinski definition) is 4. The van der Waals surface area contributed by atoms with Crippen LogP contribution < -0.4 is 5.32 Å². The summed E-state index contributed by atoms with van der Waals surface area (Å²) >= 11 is 1.57. The van der Waals surface area contributed by atoms with Crippen LogP contribution >= 0.6 is 23.7 Å². The summed E-state index contributed by atoms with van der Waals surface area (Å²) in [6.45, 7) is 1.95. The summed E-state index contributed by atoms with van der Waals surface area (Å²) in [7, 11) is -0.935. The van der Waals surface area contributed by atoms with E-state index in [2.05, 4.69) is 10.3 Å². The molecule has 3 nitrogen and oxygen atoms in total. The van der Waals surface area contributed by atoms with E-state index < -0.39 is 10.8 Å². The van der Waals surface area contributed by atoms with Crippen LogP contribution in [0, 0.1) is 0 Å². The average Bonchev–Trinajstić information content (AvgIpc) is 2.82. The molecular formula is C12H15ClN2OS2. The van der Waals surface area contributed by atoms with Crippen LogP contribution in [0.3, 0.4) is 0 Å². The number of benzene rings is 1. The van der Waals surface area contributed by atoms with Crippen molar-refractivity contribution in [2.45, 2.75) is 22.4 Å². The van der Waals surface area contributed by atoms with Crippen molar-refractivity contribution >= 4 is 44.8 Å². The molecule has 1 N–H and O–H groups in total. The maximum Gasteiger partial charge on any atom is 0.182 e. The van der Waals surface area contributed by atoms with Gasteiger partial charge in [-0.3, -0.25) is 4.21 Å². The van der Waals surface area contributed by atoms with Gasteiger partial charge in [-0.25, -0.2) is 4.98 Å². The quantitative estimate of drug-likeness (QED) is 0.927. The van der Waals surface area contributed by atoms with Gasteiger partial charge >= 0.3 is 0 Å². The standard InChI is InChI=1S/C12H14N2OS2.ClH/c15-17(9-5-7-13-8-6-9)12-14-10-3-1-2-4-11(10)16-12;/h1-4,9,13H,5-8H2;1H. The second kappa shape index (κ2) is 6.10. The molecule has 1 aromatic heterocycles. The minimum atomic E-state index is -0.935. The molecule has 0 spiro atoms. The highest BCUT2D eigenvalue weighted by Gasteiger charge is 2.23. The van der Waals surface area contributed by atoms with Crippen LogP contribution in [0.25, 0.3) is 10.2 Å². The summed E-state index contributed by atoms with van der Waals surface area (Å²) in [4.78, 5) is 4.49. The van der Waals surface area contributed by atoms with Gasteiger partial charge in [-0.15, -0.1) is 23.7 Å². The van der Waals surface area contributed by atoms with Gasteiger partial charge in [-0.1, -0.05) is 12.1 Å². The van der Waals surface area contributed by atoms with Crippen molar-refractivity contribution in [3.05, 3.63) is 24.3 Å². The highest BCUT2D eigenvalue weighted by Crippen LogP contribution is 2.27. The lowest BCUT2D eigenvalue weighted by atomic mass is 10.2. The Morgan fingerprint density at radius 1 is 1.28 bits per heavy atom. The molecule has 3 rings (SSSR count). The topological polar surface area (TPSA) is 42.0 Å². The number of fused-ring (bicyclic) bond motifs is 1. The Labute approximate surface area is 119 Å². The molecule has 2 heterocycles. The van der Waals surface area contributed by atoms with Crippen LogP contribution in [-0.4, -0.2) is 27.5 Å². The minimum Gasteiger partial charge on any atom is -0.317 e. The fourth-order valence-electron chi connectivity index (χ4n) is 2.09. The van der Waals surface area contributed by atoms with Crippen LogP contribution in [0.1, 0.15) is 12.8 Å². The normalized spacial score (nSPS) is 18.4. The Bertz CT molecular complexity index is 519. The van der Waals surface area contributed by atoms with Crippen molar-refractivity contribution in [3.8, 4) is 0 Å². The van der Waals surface area contributed by atoms with Gasteiger partial charge in [0.1, 0.15) is 0 Å². The van der Waals surface area contributed by atoms with Crippen molar-refractivity contribution < 1.29 is 4.21 Å². The van der Waals surface area contributed by atoms with Crippen molar-refractivity contribution in [3.63, 3.8) is 0 Å². The van der Waals surface area contributed by atoms with E-state index in [9.17, 15) is 4.21 Å². The first-order valence-electron chi connectivity index (χ1n) is 5.81. The van der Waals surface area contributed by atoms with Gasteiger partial charge in [-0.05, 0) is 38.1 Å². The molecule has 1 saturated heterocycles. The molecule has 2 aromatic rings. The van der Waals surface area contributed by atoms with Crippen molar-refractivity contribution in [1.29, 1.82) is 0 Å². The van der Waals surface area contributed by atoms with E-state index in [4.69, 9.17) is 0 Å². The minimum absolute atomic E-state index is 0. The van der Waals surface area contributed by atoms with E-state index in [1.165, 1.54) is 0 Å². The van der Waals surface area contributed by atoms with Crippen LogP contribution in [0.5, 0.6) is 0 Å². The Morgan fingerprint density at radius 2 is 2.00 bits per heavy atom. The molecule has 1 aliphatic heterocycles. The van der Waals surface area contributed by atoms with E-state index in [1.807, 2.05) is 24.3 Å². The maximum absolute atomic E-state index is 12.4. The van der Waals surface area contributed by atoms with Crippen LogP contribution in [0.4, 0.5) is 0 Å². The summed E-state index contributed by atoms with van der Waals surface area (Å²) in [5.74, 6) is 0. The van der Waals surface area contributed by atoms with Crippen molar-refractivity contribution in [1.82, 2.24) is 10.3 Å². The van der Waals surface area contributed by atoms with Crippen molar-refractivity contribution in [2.75, 3.05) is 13.1 Å². The molecule has 1 atom stereocenters. The fraction of sp³-hybridized carbons (Fsp3) is 0.417. The van der Waals surface area contributed by atoms with Crippen LogP contribution in [0.15, 0.2) is 28.6 Å². The smallest absolute Gasteiger partial charge is 0.182 e. The lowest BCUT2D eigenvalue weighted by molar-refractivity contribution is 0.519. The first-order valence-corrected chi connectivity index (χ1v) is 7.84. The largest absolute Gasteiger partial charge is 0.317 e. The Morgan fingerprint density at radius 3 is 2.72 bits per heavy atom. The van der Waals surface area contributed by atoms with E-state index in [-0.39, 0.29) is 17.7 Å². The van der Waals surface area contributed by atoms with E-state index in [1.54, 1.807) is 11.3 Å². The number of thiazole rings is 1. The summed E-state index contributed by atoms with van der Waals surface area (Å²) in [5.41, 5.74) is 0.967. The SMILES string of the molecule is Cl.O=S(c1nc2ccccc2s1)C1CCNCC1. The second-order valence-corrected chi connectivity index (χ2v) is 7.13. The molecule has 0 bridgehead atoms. The number of aromatic nitrogens is 1. The van der Waals surface area contributed by atoms with E-state index >= 15 is 0 Å². The summed E-state index contributed by atoms with van der Waals surface area (Å²) in [6, 6.07) is 7.99. The Hall–Kier alpha value is -0.490. The third-order valence-corrected chi connectivity index (χ3v) is 6.12. The van der Waals surface area contributed by atoms with E-state index in [0.717, 1.165) is 40.5 Å². The van der Waals surface area contributed by atoms with Gasteiger partial charge < -0.3 is 5.32 Å². The molecule has 1 aliphatic rings. The van der Waals surface area contributed by atoms with Gasteiger partial charge in [0, 0.05) is 5.25 Å². The van der Waals surface area contributed by atoms with Gasteiger partial charge in [0.25, 0.3) is 0 Å². The highest BCUT2D eigenvalue weighted by molar-refractivity contribution is 7.88. The zero-order valence-electron chi connectivity index (χ0n) is 9.80. The molecule has 18 heavy (non-hydrogen) atoms. The summed E-state index contributed by atoms with van der Waals surface area (Å²) in [5, 5.41) is 3.57. The molecule has 6 heteroatoms. The zero-order valence-corrected chi connectivity index (χ0v) is 12.2. The van der Waals surface area contributed by atoms with Gasteiger partial charge in [0.2, 0.25) is 0 Å². The van der Waals surface area contributed by atoms with E-state index in [0.29, 0.717) is 0 Å². The lowest BCUT2D eigenvalue weighted by Crippen LogP contribution is -2.33. The molecule has 0 saturated carbocycles. The van der Waals surface area contributed by atoms with Gasteiger partial charge in [0.15, 0.2) is 4.34 Å². The predicted molar refractivity (Wildman–Crippen MR) is 79.2 cm³/mol. The van der Waals surface area contributed by atoms with Gasteiger partial charge in [0.05, 0.1) is 21.0 Å². The molecule has 0 amide bonds. The Kier molecular flexibility index (Phi) is 4.72. The molecular weight excluding hydrogens is 288 g/mol. The van der Waals surface area contributed by atoms with Crippen molar-refractivity contribution in [2.24, 2.45) is 0 Å². The third-order valence-electron chi connectivity index (χ3n) is 3.04. The number of rotatable bonds is 2. The second-order valence-electron chi connectivity index (χ2n) is 4.19. The number of hydrogen-bond donors (Lipinski definition) is 1. The predicted octanol–water partition coefficient (Wildman–Crippen LogP) is 2.58. The molecule has 1 fully saturated rings.